The molecule has 0 aliphatic heterocycles. The van der Waals surface area contributed by atoms with Gasteiger partial charge in [0.05, 0.1) is 18.1 Å². The molecule has 8 heteroatoms. The Morgan fingerprint density at radius 2 is 1.55 bits per heavy atom. The van der Waals surface area contributed by atoms with Crippen LogP contribution in [0, 0.1) is 10.8 Å². The lowest BCUT2D eigenvalue weighted by molar-refractivity contribution is -0.148. The van der Waals surface area contributed by atoms with Crippen molar-refractivity contribution in [3.05, 3.63) is 95.6 Å². The molecule has 0 saturated heterocycles. The summed E-state index contributed by atoms with van der Waals surface area (Å²) >= 11 is 0. The van der Waals surface area contributed by atoms with Gasteiger partial charge < -0.3 is 25.2 Å². The minimum atomic E-state index is -1.22. The largest absolute Gasteiger partial charge is 0.480 e. The number of aliphatic carboxylic acids is 1. The number of amides is 2. The van der Waals surface area contributed by atoms with Gasteiger partial charge in [0.25, 0.3) is 0 Å². The topological polar surface area (TPSA) is 114 Å². The molecular formula is C34H36N2O6. The second-order valence-corrected chi connectivity index (χ2v) is 11.9. The summed E-state index contributed by atoms with van der Waals surface area (Å²) in [6.45, 7) is 2.17. The number of rotatable bonds is 11. The predicted octanol–water partition coefficient (Wildman–Crippen LogP) is 5.26. The van der Waals surface area contributed by atoms with E-state index in [0.29, 0.717) is 6.42 Å². The van der Waals surface area contributed by atoms with Crippen LogP contribution in [-0.4, -0.2) is 48.4 Å². The maximum Gasteiger partial charge on any atom is 0.407 e. The van der Waals surface area contributed by atoms with Crippen LogP contribution in [0.25, 0.3) is 11.1 Å². The van der Waals surface area contributed by atoms with E-state index in [9.17, 15) is 19.5 Å². The van der Waals surface area contributed by atoms with E-state index in [0.717, 1.165) is 47.1 Å². The van der Waals surface area contributed by atoms with Crippen molar-refractivity contribution in [1.82, 2.24) is 10.6 Å². The molecule has 1 spiro atoms. The molecule has 3 aliphatic carbocycles. The third kappa shape index (κ3) is 5.04. The van der Waals surface area contributed by atoms with Crippen molar-refractivity contribution in [1.29, 1.82) is 0 Å². The molecule has 3 aliphatic rings. The Morgan fingerprint density at radius 1 is 0.929 bits per heavy atom. The molecule has 2 amide bonds. The summed E-state index contributed by atoms with van der Waals surface area (Å²) in [4.78, 5) is 38.7. The van der Waals surface area contributed by atoms with Crippen LogP contribution < -0.4 is 10.6 Å². The highest BCUT2D eigenvalue weighted by molar-refractivity contribution is 5.92. The van der Waals surface area contributed by atoms with Gasteiger partial charge in [0, 0.05) is 12.5 Å². The number of carbonyl (C=O) groups excluding carboxylic acids is 2. The molecule has 3 aromatic rings. The van der Waals surface area contributed by atoms with Gasteiger partial charge in [-0.1, -0.05) is 85.3 Å². The molecule has 0 radical (unpaired) electrons. The number of hydrogen-bond acceptors (Lipinski definition) is 5. The van der Waals surface area contributed by atoms with Crippen molar-refractivity contribution in [3.8, 4) is 11.1 Å². The molecule has 6 rings (SSSR count). The van der Waals surface area contributed by atoms with E-state index < -0.39 is 29.6 Å². The number of nitrogens with one attached hydrogen (secondary N) is 2. The van der Waals surface area contributed by atoms with E-state index in [1.807, 2.05) is 54.6 Å². The number of hydrogen-bond donors (Lipinski definition) is 3. The SMILES string of the molecule is C[C@@H](OCc1ccccc1)[C@H](NC(=O)C1(CNC(=O)OCC2c3ccccc3-c3ccccc32)CC12CCC2)C(=O)O. The van der Waals surface area contributed by atoms with Crippen LogP contribution in [0.3, 0.4) is 0 Å². The molecule has 0 bridgehead atoms. The minimum Gasteiger partial charge on any atom is -0.480 e. The van der Waals surface area contributed by atoms with Crippen LogP contribution >= 0.6 is 0 Å². The number of fused-ring (bicyclic) bond motifs is 3. The highest BCUT2D eigenvalue weighted by atomic mass is 16.5. The number of alkyl carbamates (subject to hydrolysis) is 1. The summed E-state index contributed by atoms with van der Waals surface area (Å²) in [5.74, 6) is -1.58. The first-order valence-corrected chi connectivity index (χ1v) is 14.6. The second-order valence-electron chi connectivity index (χ2n) is 11.9. The van der Waals surface area contributed by atoms with Crippen molar-refractivity contribution in [2.24, 2.45) is 10.8 Å². The summed E-state index contributed by atoms with van der Waals surface area (Å²) < 4.78 is 11.5. The minimum absolute atomic E-state index is 0.0620. The Labute approximate surface area is 245 Å². The zero-order chi connectivity index (χ0) is 29.3. The Kier molecular flexibility index (Phi) is 7.49. The van der Waals surface area contributed by atoms with Crippen LogP contribution in [0.4, 0.5) is 4.79 Å². The Bertz CT molecular complexity index is 1440. The first-order chi connectivity index (χ1) is 20.3. The maximum atomic E-state index is 13.7. The number of carbonyl (C=O) groups is 3. The van der Waals surface area contributed by atoms with Crippen LogP contribution in [0.1, 0.15) is 55.2 Å². The van der Waals surface area contributed by atoms with Crippen molar-refractivity contribution >= 4 is 18.0 Å². The highest BCUT2D eigenvalue weighted by Gasteiger charge is 2.73. The normalized spacial score (nSPS) is 20.9. The molecule has 8 nitrogen and oxygen atoms in total. The highest BCUT2D eigenvalue weighted by Crippen LogP contribution is 2.73. The Morgan fingerprint density at radius 3 is 2.12 bits per heavy atom. The molecule has 42 heavy (non-hydrogen) atoms. The molecule has 2 fully saturated rings. The van der Waals surface area contributed by atoms with E-state index >= 15 is 0 Å². The van der Waals surface area contributed by atoms with Gasteiger partial charge in [-0.05, 0) is 59.4 Å². The fourth-order valence-corrected chi connectivity index (χ4v) is 6.87. The third-order valence-electron chi connectivity index (χ3n) is 9.53. The first kappa shape index (κ1) is 28.0. The molecule has 3 aromatic carbocycles. The van der Waals surface area contributed by atoms with Gasteiger partial charge in [0.1, 0.15) is 6.61 Å². The lowest BCUT2D eigenvalue weighted by Crippen LogP contribution is -2.54. The predicted molar refractivity (Wildman–Crippen MR) is 157 cm³/mol. The van der Waals surface area contributed by atoms with Gasteiger partial charge in [0.15, 0.2) is 6.04 Å². The molecule has 3 atom stereocenters. The fraction of sp³-hybridized carbons (Fsp3) is 0.382. The van der Waals surface area contributed by atoms with E-state index in [-0.39, 0.29) is 37.0 Å². The molecule has 0 aromatic heterocycles. The van der Waals surface area contributed by atoms with E-state index in [2.05, 4.69) is 34.9 Å². The van der Waals surface area contributed by atoms with E-state index in [4.69, 9.17) is 9.47 Å². The third-order valence-corrected chi connectivity index (χ3v) is 9.53. The van der Waals surface area contributed by atoms with Gasteiger partial charge in [0.2, 0.25) is 5.91 Å². The van der Waals surface area contributed by atoms with Crippen molar-refractivity contribution < 1.29 is 29.0 Å². The fourth-order valence-electron chi connectivity index (χ4n) is 6.87. The summed E-state index contributed by atoms with van der Waals surface area (Å²) in [7, 11) is 0. The molecule has 0 heterocycles. The Balaban J connectivity index is 1.08. The quantitative estimate of drug-likeness (QED) is 0.291. The van der Waals surface area contributed by atoms with Crippen molar-refractivity contribution in [2.45, 2.75) is 57.3 Å². The zero-order valence-corrected chi connectivity index (χ0v) is 23.7. The van der Waals surface area contributed by atoms with Gasteiger partial charge in [-0.15, -0.1) is 0 Å². The average molecular weight is 569 g/mol. The standard InChI is InChI=1S/C34H36N2O6/c1-22(41-18-23-10-3-2-4-11-23)29(30(37)38)36-31(39)34(20-33(34)16-9-17-33)21-35-32(40)42-19-28-26-14-7-5-12-24(26)25-13-6-8-15-27(25)28/h2-8,10-15,22,28-29H,9,16-21H2,1H3,(H,35,40)(H,36,39)(H,37,38)/t22-,29+,34?/m1/s1. The molecule has 218 valence electrons. The van der Waals surface area contributed by atoms with Gasteiger partial charge in [-0.3, -0.25) is 4.79 Å². The van der Waals surface area contributed by atoms with Crippen molar-refractivity contribution in [2.75, 3.05) is 13.2 Å². The van der Waals surface area contributed by atoms with Crippen molar-refractivity contribution in [3.63, 3.8) is 0 Å². The number of ether oxygens (including phenoxy) is 2. The smallest absolute Gasteiger partial charge is 0.407 e. The number of carboxylic acids is 1. The zero-order valence-electron chi connectivity index (χ0n) is 23.7. The summed E-state index contributed by atoms with van der Waals surface area (Å²) in [5, 5.41) is 15.5. The van der Waals surface area contributed by atoms with E-state index in [1.54, 1.807) is 6.92 Å². The van der Waals surface area contributed by atoms with E-state index in [1.165, 1.54) is 0 Å². The average Bonchev–Trinajstić information content (AvgIpc) is 3.61. The van der Waals surface area contributed by atoms with Crippen LogP contribution in [0.15, 0.2) is 78.9 Å². The second kappa shape index (κ2) is 11.2. The molecule has 2 saturated carbocycles. The van der Waals surface area contributed by atoms with Crippen LogP contribution in [0.5, 0.6) is 0 Å². The maximum absolute atomic E-state index is 13.7. The van der Waals surface area contributed by atoms with Gasteiger partial charge in [-0.2, -0.15) is 0 Å². The molecule has 1 unspecified atom stereocenters. The Hall–Kier alpha value is -4.17. The van der Waals surface area contributed by atoms with Gasteiger partial charge in [-0.25, -0.2) is 9.59 Å². The molecule has 3 N–H and O–H groups in total. The first-order valence-electron chi connectivity index (χ1n) is 14.6. The molecular weight excluding hydrogens is 532 g/mol. The monoisotopic (exact) mass is 568 g/mol. The number of benzene rings is 3. The summed E-state index contributed by atoms with van der Waals surface area (Å²) in [6.07, 6.45) is 2.05. The van der Waals surface area contributed by atoms with Crippen LogP contribution in [0.2, 0.25) is 0 Å². The lowest BCUT2D eigenvalue weighted by Gasteiger charge is -2.33. The summed E-state index contributed by atoms with van der Waals surface area (Å²) in [5.41, 5.74) is 4.41. The number of carboxylic acid groups (broad SMARTS) is 1. The lowest BCUT2D eigenvalue weighted by atomic mass is 9.74. The summed E-state index contributed by atoms with van der Waals surface area (Å²) in [6, 6.07) is 24.5. The van der Waals surface area contributed by atoms with Crippen LogP contribution in [-0.2, 0) is 25.7 Å². The van der Waals surface area contributed by atoms with Gasteiger partial charge >= 0.3 is 12.1 Å².